The van der Waals surface area contributed by atoms with Crippen LogP contribution in [0, 0.1) is 0 Å². The summed E-state index contributed by atoms with van der Waals surface area (Å²) < 4.78 is 5.76. The molecule has 0 saturated carbocycles. The molecule has 0 aromatic carbocycles. The smallest absolute Gasteiger partial charge is 0.147 e. The van der Waals surface area contributed by atoms with Gasteiger partial charge < -0.3 is 4.74 Å². The quantitative estimate of drug-likeness (QED) is 0.699. The van der Waals surface area contributed by atoms with Gasteiger partial charge in [0.2, 0.25) is 0 Å². The molecule has 0 N–H and O–H groups in total. The maximum Gasteiger partial charge on any atom is 0.147 e. The van der Waals surface area contributed by atoms with E-state index in [1.165, 1.54) is 5.06 Å². The summed E-state index contributed by atoms with van der Waals surface area (Å²) in [7, 11) is 0. The van der Waals surface area contributed by atoms with Gasteiger partial charge in [-0.05, 0) is 26.7 Å². The fraction of sp³-hybridized carbons (Fsp3) is 1.00. The summed E-state index contributed by atoms with van der Waals surface area (Å²) >= 11 is 0. The summed E-state index contributed by atoms with van der Waals surface area (Å²) in [6.07, 6.45) is 3.67. The molecular formula is C11H22NO2. The van der Waals surface area contributed by atoms with Crippen molar-refractivity contribution in [3.8, 4) is 0 Å². The number of hydroxylamine groups is 2. The summed E-state index contributed by atoms with van der Waals surface area (Å²) in [6, 6.07) is 0. The Kier molecular flexibility index (Phi) is 3.56. The number of ether oxygens (including phenoxy) is 1. The zero-order chi connectivity index (χ0) is 10.8. The third kappa shape index (κ3) is 1.95. The molecule has 0 aliphatic carbocycles. The van der Waals surface area contributed by atoms with E-state index in [0.717, 1.165) is 25.7 Å². The van der Waals surface area contributed by atoms with Crippen LogP contribution in [0.2, 0.25) is 0 Å². The maximum atomic E-state index is 12.1. The van der Waals surface area contributed by atoms with E-state index in [0.29, 0.717) is 6.61 Å². The van der Waals surface area contributed by atoms with Gasteiger partial charge in [-0.3, -0.25) is 0 Å². The van der Waals surface area contributed by atoms with E-state index < -0.39 is 5.72 Å². The van der Waals surface area contributed by atoms with E-state index >= 15 is 0 Å². The number of rotatable bonds is 4. The summed E-state index contributed by atoms with van der Waals surface area (Å²) in [5.74, 6) is 0. The highest BCUT2D eigenvalue weighted by molar-refractivity contribution is 4.93. The van der Waals surface area contributed by atoms with E-state index in [-0.39, 0.29) is 5.54 Å². The lowest BCUT2D eigenvalue weighted by atomic mass is 9.99. The van der Waals surface area contributed by atoms with Crippen LogP contribution in [0.3, 0.4) is 0 Å². The molecule has 83 valence electrons. The van der Waals surface area contributed by atoms with E-state index in [4.69, 9.17) is 4.74 Å². The largest absolute Gasteiger partial charge is 0.356 e. The van der Waals surface area contributed by atoms with E-state index in [1.54, 1.807) is 0 Å². The molecule has 0 aromatic heterocycles. The van der Waals surface area contributed by atoms with Crippen molar-refractivity contribution in [1.29, 1.82) is 0 Å². The van der Waals surface area contributed by atoms with Crippen molar-refractivity contribution in [2.45, 2.75) is 64.6 Å². The first-order valence-corrected chi connectivity index (χ1v) is 5.60. The number of nitrogens with zero attached hydrogens (tertiary/aromatic N) is 1. The summed E-state index contributed by atoms with van der Waals surface area (Å²) in [5, 5.41) is 13.3. The first-order valence-electron chi connectivity index (χ1n) is 5.60. The van der Waals surface area contributed by atoms with Crippen molar-refractivity contribution >= 4 is 0 Å². The van der Waals surface area contributed by atoms with Gasteiger partial charge in [0, 0.05) is 0 Å². The Morgan fingerprint density at radius 2 is 1.71 bits per heavy atom. The summed E-state index contributed by atoms with van der Waals surface area (Å²) in [6.45, 7) is 8.65. The van der Waals surface area contributed by atoms with Crippen LogP contribution in [0.25, 0.3) is 0 Å². The Morgan fingerprint density at radius 3 is 2.00 bits per heavy atom. The minimum atomic E-state index is -0.535. The molecule has 1 saturated heterocycles. The van der Waals surface area contributed by atoms with Crippen LogP contribution >= 0.6 is 0 Å². The average Bonchev–Trinajstić information content (AvgIpc) is 2.32. The Labute approximate surface area is 87.0 Å². The Balaban J connectivity index is 2.79. The van der Waals surface area contributed by atoms with Gasteiger partial charge in [-0.2, -0.15) is 0 Å². The second kappa shape index (κ2) is 4.17. The molecule has 0 unspecified atom stereocenters. The average molecular weight is 200 g/mol. The summed E-state index contributed by atoms with van der Waals surface area (Å²) in [5.41, 5.74) is -0.892. The third-order valence-corrected chi connectivity index (χ3v) is 2.90. The highest BCUT2D eigenvalue weighted by Gasteiger charge is 2.51. The predicted molar refractivity (Wildman–Crippen MR) is 55.1 cm³/mol. The minimum Gasteiger partial charge on any atom is -0.356 e. The van der Waals surface area contributed by atoms with Gasteiger partial charge in [-0.25, -0.2) is 0 Å². The molecule has 14 heavy (non-hydrogen) atoms. The van der Waals surface area contributed by atoms with Gasteiger partial charge in [-0.15, -0.1) is 10.3 Å². The van der Waals surface area contributed by atoms with Gasteiger partial charge in [0.1, 0.15) is 5.72 Å². The van der Waals surface area contributed by atoms with E-state index in [1.807, 2.05) is 13.8 Å². The van der Waals surface area contributed by atoms with Gasteiger partial charge >= 0.3 is 0 Å². The molecule has 0 aromatic rings. The molecule has 1 aliphatic heterocycles. The van der Waals surface area contributed by atoms with Gasteiger partial charge in [0.15, 0.2) is 0 Å². The highest BCUT2D eigenvalue weighted by Crippen LogP contribution is 2.39. The summed E-state index contributed by atoms with van der Waals surface area (Å²) in [4.78, 5) is 0. The number of hydrogen-bond donors (Lipinski definition) is 0. The molecular weight excluding hydrogens is 178 g/mol. The topological polar surface area (TPSA) is 32.4 Å². The van der Waals surface area contributed by atoms with Crippen LogP contribution in [-0.2, 0) is 9.94 Å². The Bertz CT molecular complexity index is 186. The normalized spacial score (nSPS) is 25.5. The lowest BCUT2D eigenvalue weighted by Crippen LogP contribution is -2.49. The molecule has 3 nitrogen and oxygen atoms in total. The maximum absolute atomic E-state index is 12.1. The first-order chi connectivity index (χ1) is 6.48. The predicted octanol–water partition coefficient (Wildman–Crippen LogP) is 2.74. The van der Waals surface area contributed by atoms with Crippen LogP contribution in [0.5, 0.6) is 0 Å². The van der Waals surface area contributed by atoms with Crippen LogP contribution in [-0.4, -0.2) is 22.9 Å². The van der Waals surface area contributed by atoms with Crippen molar-refractivity contribution in [2.24, 2.45) is 0 Å². The second-order valence-electron chi connectivity index (χ2n) is 4.84. The SMILES string of the molecule is CCCC1(CCC)OCC(C)(C)N1[O]. The Hall–Kier alpha value is -0.120. The van der Waals surface area contributed by atoms with Crippen LogP contribution in [0.1, 0.15) is 53.4 Å². The molecule has 3 heteroatoms. The first kappa shape index (κ1) is 12.0. The third-order valence-electron chi connectivity index (χ3n) is 2.90. The molecule has 1 radical (unpaired) electrons. The zero-order valence-corrected chi connectivity index (χ0v) is 9.80. The minimum absolute atomic E-state index is 0.357. The lowest BCUT2D eigenvalue weighted by Gasteiger charge is -2.35. The van der Waals surface area contributed by atoms with Crippen molar-refractivity contribution in [3.63, 3.8) is 0 Å². The second-order valence-corrected chi connectivity index (χ2v) is 4.84. The van der Waals surface area contributed by atoms with E-state index in [9.17, 15) is 5.21 Å². The van der Waals surface area contributed by atoms with Crippen molar-refractivity contribution in [3.05, 3.63) is 0 Å². The van der Waals surface area contributed by atoms with Crippen molar-refractivity contribution < 1.29 is 9.94 Å². The molecule has 1 rings (SSSR count). The van der Waals surface area contributed by atoms with Gasteiger partial charge in [-0.1, -0.05) is 26.7 Å². The van der Waals surface area contributed by atoms with Crippen LogP contribution < -0.4 is 0 Å². The van der Waals surface area contributed by atoms with Crippen LogP contribution in [0.15, 0.2) is 0 Å². The molecule has 1 aliphatic rings. The fourth-order valence-electron chi connectivity index (χ4n) is 2.23. The van der Waals surface area contributed by atoms with Crippen molar-refractivity contribution in [1.82, 2.24) is 5.06 Å². The molecule has 1 heterocycles. The molecule has 1 fully saturated rings. The molecule has 0 atom stereocenters. The monoisotopic (exact) mass is 200 g/mol. The van der Waals surface area contributed by atoms with Gasteiger partial charge in [0.05, 0.1) is 12.1 Å². The fourth-order valence-corrected chi connectivity index (χ4v) is 2.23. The lowest BCUT2D eigenvalue weighted by molar-refractivity contribution is -0.295. The Morgan fingerprint density at radius 1 is 1.21 bits per heavy atom. The van der Waals surface area contributed by atoms with Crippen molar-refractivity contribution in [2.75, 3.05) is 6.61 Å². The molecule has 0 bridgehead atoms. The standard InChI is InChI=1S/C11H22NO2/c1-5-7-11(8-6-2)12(13)10(3,4)9-14-11/h5-9H2,1-4H3. The van der Waals surface area contributed by atoms with Crippen LogP contribution in [0.4, 0.5) is 0 Å². The highest BCUT2D eigenvalue weighted by atomic mass is 16.6. The molecule has 0 spiro atoms. The van der Waals surface area contributed by atoms with E-state index in [2.05, 4.69) is 13.8 Å². The molecule has 0 amide bonds. The number of hydrogen-bond acceptors (Lipinski definition) is 2. The zero-order valence-electron chi connectivity index (χ0n) is 9.80. The van der Waals surface area contributed by atoms with Gasteiger partial charge in [0.25, 0.3) is 0 Å².